The number of nitrogens with zero attached hydrogens (tertiary/aromatic N) is 3. The van der Waals surface area contributed by atoms with E-state index in [0.717, 1.165) is 30.5 Å². The molecule has 0 aliphatic carbocycles. The summed E-state index contributed by atoms with van der Waals surface area (Å²) < 4.78 is 13.1. The molecule has 2 heterocycles. The van der Waals surface area contributed by atoms with Crippen molar-refractivity contribution < 1.29 is 19.4 Å². The van der Waals surface area contributed by atoms with Crippen LogP contribution in [0.15, 0.2) is 42.7 Å². The number of halogens is 1. The molecule has 7 nitrogen and oxygen atoms in total. The molecule has 3 rings (SSSR count). The van der Waals surface area contributed by atoms with Crippen molar-refractivity contribution >= 4 is 17.6 Å². The lowest BCUT2D eigenvalue weighted by Crippen LogP contribution is -2.07. The summed E-state index contributed by atoms with van der Waals surface area (Å²) in [6, 6.07) is 8.92. The van der Waals surface area contributed by atoms with Crippen molar-refractivity contribution in [3.05, 3.63) is 64.6 Å². The summed E-state index contributed by atoms with van der Waals surface area (Å²) in [7, 11) is 1.55. The number of carbonyl (C=O) groups is 1. The molecule has 0 spiro atoms. The first-order valence-electron chi connectivity index (χ1n) is 10.6. The van der Waals surface area contributed by atoms with Crippen LogP contribution in [0.3, 0.4) is 0 Å². The molecule has 1 aromatic carbocycles. The average Bonchev–Trinajstić information content (AvgIpc) is 3.21. The van der Waals surface area contributed by atoms with Crippen LogP contribution in [-0.4, -0.2) is 39.6 Å². The number of carboxylic acid groups (broad SMARTS) is 1. The molecule has 1 unspecified atom stereocenters. The third kappa shape index (κ3) is 5.79. The Balaban J connectivity index is 1.72. The molecular formula is C24H28ClN3O4. The lowest BCUT2D eigenvalue weighted by Gasteiger charge is -2.14. The third-order valence-electron chi connectivity index (χ3n) is 5.31. The van der Waals surface area contributed by atoms with E-state index in [1.165, 1.54) is 0 Å². The van der Waals surface area contributed by atoms with Crippen molar-refractivity contribution in [1.82, 2.24) is 14.8 Å². The summed E-state index contributed by atoms with van der Waals surface area (Å²) in [5.74, 6) is 1.14. The van der Waals surface area contributed by atoms with Crippen LogP contribution in [0, 0.1) is 0 Å². The highest BCUT2D eigenvalue weighted by molar-refractivity contribution is 6.30. The number of ether oxygens (including phenoxy) is 2. The second-order valence-electron chi connectivity index (χ2n) is 7.60. The van der Waals surface area contributed by atoms with E-state index in [1.807, 2.05) is 12.3 Å². The summed E-state index contributed by atoms with van der Waals surface area (Å²) in [5.41, 5.74) is 2.79. The van der Waals surface area contributed by atoms with Gasteiger partial charge in [-0.05, 0) is 43.0 Å². The molecule has 0 bridgehead atoms. The predicted octanol–water partition coefficient (Wildman–Crippen LogP) is 5.08. The molecule has 1 atom stereocenters. The number of methoxy groups -OCH3 is 1. The zero-order valence-corrected chi connectivity index (χ0v) is 19.3. The third-order valence-corrected chi connectivity index (χ3v) is 5.53. The second kappa shape index (κ2) is 11.0. The van der Waals surface area contributed by atoms with Gasteiger partial charge < -0.3 is 14.6 Å². The standard InChI is InChI=1S/C24H28ClN3O4/c1-4-16(2)23-18(15-28(27-23)21-11-10-19(25)14-26-21)8-6-12-32-24-17(13-22(29)30)7-5-9-20(24)31-3/h5,7,9-11,14-16H,4,6,8,12-13H2,1-3H3,(H,29,30). The highest BCUT2D eigenvalue weighted by atomic mass is 35.5. The minimum absolute atomic E-state index is 0.119. The van der Waals surface area contributed by atoms with Gasteiger partial charge in [-0.3, -0.25) is 4.79 Å². The van der Waals surface area contributed by atoms with Crippen LogP contribution in [0.25, 0.3) is 5.82 Å². The molecule has 0 aliphatic heterocycles. The fourth-order valence-electron chi connectivity index (χ4n) is 3.47. The van der Waals surface area contributed by atoms with E-state index in [0.29, 0.717) is 40.4 Å². The van der Waals surface area contributed by atoms with Crippen LogP contribution in [0.5, 0.6) is 11.5 Å². The number of aromatic nitrogens is 3. The largest absolute Gasteiger partial charge is 0.493 e. The number of pyridine rings is 1. The summed E-state index contributed by atoms with van der Waals surface area (Å²) in [6.45, 7) is 4.73. The molecular weight excluding hydrogens is 430 g/mol. The quantitative estimate of drug-likeness (QED) is 0.404. The van der Waals surface area contributed by atoms with Gasteiger partial charge in [-0.15, -0.1) is 0 Å². The maximum atomic E-state index is 11.2. The number of aryl methyl sites for hydroxylation is 1. The van der Waals surface area contributed by atoms with Crippen molar-refractivity contribution in [2.45, 2.75) is 45.4 Å². The molecule has 8 heteroatoms. The normalized spacial score (nSPS) is 11.9. The Hall–Kier alpha value is -3.06. The number of hydrogen-bond acceptors (Lipinski definition) is 5. The SMILES string of the molecule is CCC(C)c1nn(-c2ccc(Cl)cn2)cc1CCCOc1c(CC(=O)O)cccc1OC. The fourth-order valence-corrected chi connectivity index (χ4v) is 3.58. The zero-order valence-electron chi connectivity index (χ0n) is 18.5. The van der Waals surface area contributed by atoms with Gasteiger partial charge in [0.2, 0.25) is 0 Å². The topological polar surface area (TPSA) is 86.5 Å². The molecule has 0 aliphatic rings. The molecule has 0 saturated carbocycles. The van der Waals surface area contributed by atoms with Crippen molar-refractivity contribution in [1.29, 1.82) is 0 Å². The van der Waals surface area contributed by atoms with Crippen LogP contribution < -0.4 is 9.47 Å². The lowest BCUT2D eigenvalue weighted by molar-refractivity contribution is -0.136. The van der Waals surface area contributed by atoms with Crippen LogP contribution in [0.2, 0.25) is 5.02 Å². The molecule has 0 fully saturated rings. The van der Waals surface area contributed by atoms with Crippen molar-refractivity contribution in [2.24, 2.45) is 0 Å². The smallest absolute Gasteiger partial charge is 0.307 e. The Kier molecular flexibility index (Phi) is 8.11. The Labute approximate surface area is 193 Å². The molecule has 1 N–H and O–H groups in total. The van der Waals surface area contributed by atoms with Crippen molar-refractivity contribution in [3.63, 3.8) is 0 Å². The maximum Gasteiger partial charge on any atom is 0.307 e. The first kappa shape index (κ1) is 23.6. The van der Waals surface area contributed by atoms with Gasteiger partial charge in [0.05, 0.1) is 30.9 Å². The van der Waals surface area contributed by atoms with Crippen LogP contribution in [0.4, 0.5) is 0 Å². The Morgan fingerprint density at radius 3 is 2.72 bits per heavy atom. The van der Waals surface area contributed by atoms with Gasteiger partial charge in [0.25, 0.3) is 0 Å². The monoisotopic (exact) mass is 457 g/mol. The van der Waals surface area contributed by atoms with Crippen LogP contribution in [-0.2, 0) is 17.6 Å². The maximum absolute atomic E-state index is 11.2. The van der Waals surface area contributed by atoms with Gasteiger partial charge >= 0.3 is 5.97 Å². The summed E-state index contributed by atoms with van der Waals surface area (Å²) in [6.07, 6.45) is 6.00. The van der Waals surface area contributed by atoms with Gasteiger partial charge in [0.1, 0.15) is 0 Å². The minimum Gasteiger partial charge on any atom is -0.493 e. The summed E-state index contributed by atoms with van der Waals surface area (Å²) in [4.78, 5) is 15.5. The van der Waals surface area contributed by atoms with Crippen molar-refractivity contribution in [3.8, 4) is 17.3 Å². The first-order valence-corrected chi connectivity index (χ1v) is 11.0. The summed E-state index contributed by atoms with van der Waals surface area (Å²) in [5, 5.41) is 14.5. The molecule has 0 radical (unpaired) electrons. The number of para-hydroxylation sites is 1. The lowest BCUT2D eigenvalue weighted by atomic mass is 9.99. The second-order valence-corrected chi connectivity index (χ2v) is 8.04. The number of benzene rings is 1. The Morgan fingerprint density at radius 2 is 2.06 bits per heavy atom. The molecule has 0 amide bonds. The van der Waals surface area contributed by atoms with E-state index in [1.54, 1.807) is 42.3 Å². The van der Waals surface area contributed by atoms with Gasteiger partial charge in [0, 0.05) is 23.9 Å². The minimum atomic E-state index is -0.912. The summed E-state index contributed by atoms with van der Waals surface area (Å²) >= 11 is 5.96. The highest BCUT2D eigenvalue weighted by Crippen LogP contribution is 2.32. The zero-order chi connectivity index (χ0) is 23.1. The fraction of sp³-hybridized carbons (Fsp3) is 0.375. The highest BCUT2D eigenvalue weighted by Gasteiger charge is 2.17. The van der Waals surface area contributed by atoms with Gasteiger partial charge in [0.15, 0.2) is 17.3 Å². The van der Waals surface area contributed by atoms with Gasteiger partial charge in [-0.2, -0.15) is 5.10 Å². The molecule has 2 aromatic heterocycles. The van der Waals surface area contributed by atoms with E-state index >= 15 is 0 Å². The first-order chi connectivity index (χ1) is 15.4. The number of hydrogen-bond donors (Lipinski definition) is 1. The van der Waals surface area contributed by atoms with E-state index in [9.17, 15) is 9.90 Å². The van der Waals surface area contributed by atoms with Gasteiger partial charge in [-0.1, -0.05) is 37.6 Å². The Bertz CT molecular complexity index is 1050. The van der Waals surface area contributed by atoms with Crippen LogP contribution in [0.1, 0.15) is 49.4 Å². The number of carboxylic acids is 1. The molecule has 3 aromatic rings. The molecule has 32 heavy (non-hydrogen) atoms. The van der Waals surface area contributed by atoms with E-state index in [4.69, 9.17) is 26.2 Å². The van der Waals surface area contributed by atoms with E-state index < -0.39 is 5.97 Å². The van der Waals surface area contributed by atoms with E-state index in [2.05, 4.69) is 18.8 Å². The van der Waals surface area contributed by atoms with Gasteiger partial charge in [-0.25, -0.2) is 9.67 Å². The van der Waals surface area contributed by atoms with Crippen LogP contribution >= 0.6 is 11.6 Å². The number of rotatable bonds is 11. The predicted molar refractivity (Wildman–Crippen MR) is 123 cm³/mol. The molecule has 0 saturated heterocycles. The average molecular weight is 458 g/mol. The van der Waals surface area contributed by atoms with E-state index in [-0.39, 0.29) is 6.42 Å². The Morgan fingerprint density at radius 1 is 1.25 bits per heavy atom. The number of aliphatic carboxylic acids is 1. The molecule has 170 valence electrons. The van der Waals surface area contributed by atoms with Crippen molar-refractivity contribution in [2.75, 3.05) is 13.7 Å².